The first-order chi connectivity index (χ1) is 10.3. The van der Waals surface area contributed by atoms with Crippen molar-refractivity contribution in [3.05, 3.63) is 0 Å². The van der Waals surface area contributed by atoms with Crippen molar-refractivity contribution in [3.8, 4) is 0 Å². The molecule has 0 bridgehead atoms. The maximum absolute atomic E-state index is 10.3. The molecule has 0 amide bonds. The molecule has 0 spiro atoms. The van der Waals surface area contributed by atoms with Gasteiger partial charge in [-0.3, -0.25) is 0 Å². The highest BCUT2D eigenvalue weighted by molar-refractivity contribution is 4.93. The maximum atomic E-state index is 10.3. The van der Waals surface area contributed by atoms with Gasteiger partial charge in [0, 0.05) is 11.8 Å². The summed E-state index contributed by atoms with van der Waals surface area (Å²) < 4.78 is 0. The molecule has 0 fully saturated rings. The van der Waals surface area contributed by atoms with Gasteiger partial charge in [-0.25, -0.2) is 9.78 Å². The summed E-state index contributed by atoms with van der Waals surface area (Å²) in [6, 6.07) is 0. The van der Waals surface area contributed by atoms with E-state index in [1.807, 2.05) is 27.7 Å². The number of hydrogen-bond donors (Lipinski definition) is 2. The van der Waals surface area contributed by atoms with Crippen molar-refractivity contribution < 1.29 is 20.0 Å². The lowest BCUT2D eigenvalue weighted by molar-refractivity contribution is -0.431. The molecule has 0 rings (SSSR count). The molecule has 0 aromatic carbocycles. The molecule has 0 saturated heterocycles. The number of aliphatic hydroxyl groups is 2. The molecule has 146 valence electrons. The van der Waals surface area contributed by atoms with Crippen LogP contribution in [0.1, 0.15) is 83.1 Å². The lowest BCUT2D eigenvalue weighted by Gasteiger charge is -2.47. The fraction of sp³-hybridized carbons (Fsp3) is 1.00. The van der Waals surface area contributed by atoms with Crippen LogP contribution in [0.4, 0.5) is 0 Å². The molecule has 0 heterocycles. The molecule has 0 aliphatic carbocycles. The normalized spacial score (nSPS) is 19.8. The van der Waals surface area contributed by atoms with Gasteiger partial charge in [-0.05, 0) is 52.4 Å². The lowest BCUT2D eigenvalue weighted by Crippen LogP contribution is -2.52. The predicted octanol–water partition coefficient (Wildman–Crippen LogP) is 4.58. The van der Waals surface area contributed by atoms with Crippen LogP contribution in [0.3, 0.4) is 0 Å². The second-order valence-corrected chi connectivity index (χ2v) is 10.5. The summed E-state index contributed by atoms with van der Waals surface area (Å²) in [5, 5.41) is 20.5. The smallest absolute Gasteiger partial charge is 0.104 e. The summed E-state index contributed by atoms with van der Waals surface area (Å²) in [5.41, 5.74) is -1.63. The fourth-order valence-corrected chi connectivity index (χ4v) is 5.01. The van der Waals surface area contributed by atoms with Crippen LogP contribution >= 0.6 is 0 Å². The van der Waals surface area contributed by atoms with E-state index < -0.39 is 23.4 Å². The van der Waals surface area contributed by atoms with E-state index in [1.54, 1.807) is 13.8 Å². The quantitative estimate of drug-likeness (QED) is 0.523. The second kappa shape index (κ2) is 7.61. The van der Waals surface area contributed by atoms with Crippen molar-refractivity contribution in [1.29, 1.82) is 0 Å². The monoisotopic (exact) mass is 346 g/mol. The van der Waals surface area contributed by atoms with Gasteiger partial charge < -0.3 is 10.2 Å². The van der Waals surface area contributed by atoms with Gasteiger partial charge in [-0.2, -0.15) is 0 Å². The molecular weight excluding hydrogens is 304 g/mol. The van der Waals surface area contributed by atoms with Gasteiger partial charge in [0.2, 0.25) is 0 Å². The van der Waals surface area contributed by atoms with Crippen LogP contribution in [-0.2, 0) is 9.78 Å². The first kappa shape index (κ1) is 23.8. The SMILES string of the molecule is CC(O)C(C(C)(C)C)C(C)(C)OOC(C)(C)C(C(C)O)C(C)(C)C. The maximum Gasteiger partial charge on any atom is 0.104 e. The third kappa shape index (κ3) is 6.29. The molecule has 2 N–H and O–H groups in total. The minimum absolute atomic E-state index is 0.111. The first-order valence-corrected chi connectivity index (χ1v) is 9.07. The van der Waals surface area contributed by atoms with Crippen molar-refractivity contribution in [1.82, 2.24) is 0 Å². The largest absolute Gasteiger partial charge is 0.393 e. The van der Waals surface area contributed by atoms with Crippen molar-refractivity contribution in [2.75, 3.05) is 0 Å². The Morgan fingerprint density at radius 3 is 0.875 bits per heavy atom. The number of hydrogen-bond acceptors (Lipinski definition) is 4. The van der Waals surface area contributed by atoms with Crippen LogP contribution in [0.25, 0.3) is 0 Å². The summed E-state index contributed by atoms with van der Waals surface area (Å²) in [7, 11) is 0. The molecule has 0 aliphatic rings. The van der Waals surface area contributed by atoms with Gasteiger partial charge in [0.15, 0.2) is 0 Å². The molecule has 0 radical (unpaired) electrons. The molecule has 0 aliphatic heterocycles. The zero-order valence-corrected chi connectivity index (χ0v) is 18.0. The van der Waals surface area contributed by atoms with Crippen LogP contribution in [0.5, 0.6) is 0 Å². The van der Waals surface area contributed by atoms with Gasteiger partial charge in [0.1, 0.15) is 11.2 Å². The standard InChI is InChI=1S/C20H42O4/c1-13(21)15(17(3,4)5)19(9,10)23-24-20(11,12)16(14(2)22)18(6,7)8/h13-16,21-22H,1-12H3. The van der Waals surface area contributed by atoms with E-state index >= 15 is 0 Å². The van der Waals surface area contributed by atoms with Crippen molar-refractivity contribution in [2.24, 2.45) is 22.7 Å². The molecular formula is C20H42O4. The van der Waals surface area contributed by atoms with E-state index in [1.165, 1.54) is 0 Å². The predicted molar refractivity (Wildman–Crippen MR) is 99.6 cm³/mol. The van der Waals surface area contributed by atoms with E-state index in [0.29, 0.717) is 0 Å². The Kier molecular flexibility index (Phi) is 7.56. The average Bonchev–Trinajstić information content (AvgIpc) is 2.19. The molecule has 24 heavy (non-hydrogen) atoms. The summed E-state index contributed by atoms with van der Waals surface area (Å²) in [4.78, 5) is 11.8. The van der Waals surface area contributed by atoms with Crippen molar-refractivity contribution in [3.63, 3.8) is 0 Å². The van der Waals surface area contributed by atoms with E-state index in [4.69, 9.17) is 9.78 Å². The summed E-state index contributed by atoms with van der Waals surface area (Å²) in [6.45, 7) is 23.9. The second-order valence-electron chi connectivity index (χ2n) is 10.5. The zero-order valence-electron chi connectivity index (χ0n) is 18.0. The molecule has 0 saturated carbocycles. The summed E-state index contributed by atoms with van der Waals surface area (Å²) >= 11 is 0. The minimum Gasteiger partial charge on any atom is -0.393 e. The molecule has 4 nitrogen and oxygen atoms in total. The molecule has 0 aromatic rings. The van der Waals surface area contributed by atoms with Gasteiger partial charge in [-0.15, -0.1) is 0 Å². The van der Waals surface area contributed by atoms with Crippen LogP contribution in [0.2, 0.25) is 0 Å². The van der Waals surface area contributed by atoms with Gasteiger partial charge in [0.25, 0.3) is 0 Å². The Bertz CT molecular complexity index is 345. The molecule has 4 unspecified atom stereocenters. The Labute approximate surface area is 149 Å². The van der Waals surface area contributed by atoms with Crippen LogP contribution in [0, 0.1) is 22.7 Å². The van der Waals surface area contributed by atoms with E-state index in [0.717, 1.165) is 0 Å². The van der Waals surface area contributed by atoms with Gasteiger partial charge >= 0.3 is 0 Å². The number of rotatable bonds is 7. The van der Waals surface area contributed by atoms with Crippen LogP contribution in [0.15, 0.2) is 0 Å². The van der Waals surface area contributed by atoms with Gasteiger partial charge in [0.05, 0.1) is 12.2 Å². The first-order valence-electron chi connectivity index (χ1n) is 9.07. The average molecular weight is 347 g/mol. The van der Waals surface area contributed by atoms with Crippen molar-refractivity contribution >= 4 is 0 Å². The minimum atomic E-state index is -0.676. The Hall–Kier alpha value is -0.160. The highest BCUT2D eigenvalue weighted by atomic mass is 17.2. The lowest BCUT2D eigenvalue weighted by atomic mass is 9.69. The van der Waals surface area contributed by atoms with Crippen LogP contribution in [-0.4, -0.2) is 33.6 Å². The zero-order chi connectivity index (χ0) is 19.7. The summed E-state index contributed by atoms with van der Waals surface area (Å²) in [5.74, 6) is -0.221. The highest BCUT2D eigenvalue weighted by Gasteiger charge is 2.47. The molecule has 4 heteroatoms. The third-order valence-corrected chi connectivity index (χ3v) is 4.80. The van der Waals surface area contributed by atoms with Crippen molar-refractivity contribution in [2.45, 2.75) is 106 Å². The van der Waals surface area contributed by atoms with E-state index in [-0.39, 0.29) is 22.7 Å². The number of aliphatic hydroxyl groups excluding tert-OH is 2. The summed E-state index contributed by atoms with van der Waals surface area (Å²) in [6.07, 6.45) is -1.05. The Balaban J connectivity index is 5.40. The van der Waals surface area contributed by atoms with E-state index in [9.17, 15) is 10.2 Å². The highest BCUT2D eigenvalue weighted by Crippen LogP contribution is 2.43. The topological polar surface area (TPSA) is 58.9 Å². The fourth-order valence-electron chi connectivity index (χ4n) is 5.01. The molecule has 0 aromatic heterocycles. The third-order valence-electron chi connectivity index (χ3n) is 4.80. The van der Waals surface area contributed by atoms with E-state index in [2.05, 4.69) is 41.5 Å². The van der Waals surface area contributed by atoms with Gasteiger partial charge in [-0.1, -0.05) is 41.5 Å². The molecule has 4 atom stereocenters. The van der Waals surface area contributed by atoms with Crippen LogP contribution < -0.4 is 0 Å². The Morgan fingerprint density at radius 2 is 0.750 bits per heavy atom. The Morgan fingerprint density at radius 1 is 0.542 bits per heavy atom.